The topological polar surface area (TPSA) is 15.6 Å². The molecule has 1 aromatic rings. The lowest BCUT2D eigenvalue weighted by molar-refractivity contribution is 1.02. The molecule has 0 heterocycles. The predicted octanol–water partition coefficient (Wildman–Crippen LogP) is 2.13. The van der Waals surface area contributed by atoms with Gasteiger partial charge in [-0.25, -0.2) is 0 Å². The van der Waals surface area contributed by atoms with Crippen LogP contribution in [0.2, 0.25) is 0 Å². The molecule has 0 atom stereocenters. The van der Waals surface area contributed by atoms with Crippen molar-refractivity contribution >= 4 is 11.9 Å². The summed E-state index contributed by atoms with van der Waals surface area (Å²) in [7, 11) is 1.93. The Bertz CT molecular complexity index is 229. The van der Waals surface area contributed by atoms with Crippen LogP contribution in [0.25, 0.3) is 0 Å². The number of hydrazone groups is 1. The fourth-order valence-corrected chi connectivity index (χ4v) is 0.884. The van der Waals surface area contributed by atoms with Gasteiger partial charge in [0, 0.05) is 13.3 Å². The van der Waals surface area contributed by atoms with Crippen LogP contribution in [0, 0.1) is 0 Å². The largest absolute Gasteiger partial charge is 0.269 e. The van der Waals surface area contributed by atoms with Gasteiger partial charge in [0.05, 0.1) is 5.69 Å². The van der Waals surface area contributed by atoms with Gasteiger partial charge in [0.25, 0.3) is 0 Å². The van der Waals surface area contributed by atoms with Gasteiger partial charge in [0.2, 0.25) is 0 Å². The third kappa shape index (κ3) is 2.08. The second-order valence-electron chi connectivity index (χ2n) is 2.23. The summed E-state index contributed by atoms with van der Waals surface area (Å²) in [6.07, 6.45) is 1.77. The third-order valence-corrected chi connectivity index (χ3v) is 1.42. The Balaban J connectivity index is 2.76. The molecule has 1 rings (SSSR count). The van der Waals surface area contributed by atoms with Gasteiger partial charge in [-0.05, 0) is 19.1 Å². The fraction of sp³-hybridized carbons (Fsp3) is 0.222. The standard InChI is InChI=1S/C9H12N2/c1-3-10-11(2)9-7-5-4-6-8-9/h3-8H,1-2H3/b10-3+. The summed E-state index contributed by atoms with van der Waals surface area (Å²) in [5, 5.41) is 5.94. The molecular weight excluding hydrogens is 136 g/mol. The first-order valence-electron chi connectivity index (χ1n) is 3.62. The van der Waals surface area contributed by atoms with Crippen LogP contribution in [0.4, 0.5) is 5.69 Å². The lowest BCUT2D eigenvalue weighted by Crippen LogP contribution is -2.07. The van der Waals surface area contributed by atoms with Gasteiger partial charge in [-0.1, -0.05) is 18.2 Å². The van der Waals surface area contributed by atoms with Gasteiger partial charge in [-0.15, -0.1) is 0 Å². The molecule has 0 radical (unpaired) electrons. The highest BCUT2D eigenvalue weighted by Gasteiger charge is 1.92. The number of hydrogen-bond acceptors (Lipinski definition) is 2. The minimum Gasteiger partial charge on any atom is -0.269 e. The maximum absolute atomic E-state index is 4.10. The average molecular weight is 148 g/mol. The monoisotopic (exact) mass is 148 g/mol. The summed E-state index contributed by atoms with van der Waals surface area (Å²) >= 11 is 0. The minimum atomic E-state index is 1.10. The molecule has 58 valence electrons. The third-order valence-electron chi connectivity index (χ3n) is 1.42. The van der Waals surface area contributed by atoms with Crippen molar-refractivity contribution in [2.24, 2.45) is 5.10 Å². The SMILES string of the molecule is C/C=N/N(C)c1ccccc1. The summed E-state index contributed by atoms with van der Waals surface area (Å²) in [5.74, 6) is 0. The van der Waals surface area contributed by atoms with Crippen LogP contribution < -0.4 is 5.01 Å². The number of hydrogen-bond donors (Lipinski definition) is 0. The van der Waals surface area contributed by atoms with Crippen molar-refractivity contribution in [2.45, 2.75) is 6.92 Å². The number of anilines is 1. The summed E-state index contributed by atoms with van der Waals surface area (Å²) < 4.78 is 0. The lowest BCUT2D eigenvalue weighted by Gasteiger charge is -2.11. The molecule has 0 amide bonds. The van der Waals surface area contributed by atoms with Crippen LogP contribution in [0.15, 0.2) is 35.4 Å². The molecule has 1 aromatic carbocycles. The molecule has 2 heteroatoms. The number of para-hydroxylation sites is 1. The van der Waals surface area contributed by atoms with Crippen molar-refractivity contribution in [3.05, 3.63) is 30.3 Å². The Hall–Kier alpha value is -1.31. The zero-order valence-electron chi connectivity index (χ0n) is 6.86. The van der Waals surface area contributed by atoms with Gasteiger partial charge in [-0.3, -0.25) is 5.01 Å². The summed E-state index contributed by atoms with van der Waals surface area (Å²) in [6.45, 7) is 1.90. The Morgan fingerprint density at radius 3 is 2.45 bits per heavy atom. The lowest BCUT2D eigenvalue weighted by atomic mass is 10.3. The van der Waals surface area contributed by atoms with Gasteiger partial charge < -0.3 is 0 Å². The summed E-state index contributed by atoms with van der Waals surface area (Å²) in [4.78, 5) is 0. The molecule has 0 unspecified atom stereocenters. The second kappa shape index (κ2) is 3.76. The highest BCUT2D eigenvalue weighted by molar-refractivity contribution is 5.57. The maximum atomic E-state index is 4.10. The van der Waals surface area contributed by atoms with E-state index in [0.717, 1.165) is 5.69 Å². The first-order valence-corrected chi connectivity index (χ1v) is 3.62. The van der Waals surface area contributed by atoms with Crippen molar-refractivity contribution in [3.8, 4) is 0 Å². The van der Waals surface area contributed by atoms with E-state index in [1.54, 1.807) is 6.21 Å². The molecule has 0 N–H and O–H groups in total. The van der Waals surface area contributed by atoms with Crippen molar-refractivity contribution in [1.82, 2.24) is 0 Å². The second-order valence-corrected chi connectivity index (χ2v) is 2.23. The molecule has 0 saturated carbocycles. The minimum absolute atomic E-state index is 1.10. The van der Waals surface area contributed by atoms with E-state index in [1.807, 2.05) is 49.3 Å². The number of benzene rings is 1. The van der Waals surface area contributed by atoms with Crippen LogP contribution in [-0.2, 0) is 0 Å². The van der Waals surface area contributed by atoms with Crippen molar-refractivity contribution in [1.29, 1.82) is 0 Å². The van der Waals surface area contributed by atoms with Gasteiger partial charge >= 0.3 is 0 Å². The highest BCUT2D eigenvalue weighted by atomic mass is 15.4. The van der Waals surface area contributed by atoms with E-state index in [4.69, 9.17) is 0 Å². The zero-order chi connectivity index (χ0) is 8.10. The highest BCUT2D eigenvalue weighted by Crippen LogP contribution is 2.10. The van der Waals surface area contributed by atoms with Crippen molar-refractivity contribution in [2.75, 3.05) is 12.1 Å². The van der Waals surface area contributed by atoms with E-state index in [9.17, 15) is 0 Å². The Labute approximate surface area is 67.2 Å². The molecule has 0 aliphatic rings. The van der Waals surface area contributed by atoms with E-state index in [1.165, 1.54) is 0 Å². The van der Waals surface area contributed by atoms with Gasteiger partial charge in [0.15, 0.2) is 0 Å². The van der Waals surface area contributed by atoms with E-state index in [-0.39, 0.29) is 0 Å². The van der Waals surface area contributed by atoms with Crippen LogP contribution in [-0.4, -0.2) is 13.3 Å². The van der Waals surface area contributed by atoms with Gasteiger partial charge in [0.1, 0.15) is 0 Å². The molecule has 0 aliphatic heterocycles. The summed E-state index contributed by atoms with van der Waals surface area (Å²) in [5.41, 5.74) is 1.10. The first-order chi connectivity index (χ1) is 5.34. The molecule has 2 nitrogen and oxygen atoms in total. The van der Waals surface area contributed by atoms with Gasteiger partial charge in [-0.2, -0.15) is 5.10 Å². The normalized spacial score (nSPS) is 10.4. The van der Waals surface area contributed by atoms with Crippen LogP contribution in [0.1, 0.15) is 6.92 Å². The average Bonchev–Trinajstić information content (AvgIpc) is 2.07. The number of nitrogens with zero attached hydrogens (tertiary/aromatic N) is 2. The van der Waals surface area contributed by atoms with Crippen molar-refractivity contribution in [3.63, 3.8) is 0 Å². The Kier molecular flexibility index (Phi) is 2.66. The van der Waals surface area contributed by atoms with Crippen LogP contribution in [0.3, 0.4) is 0 Å². The van der Waals surface area contributed by atoms with E-state index < -0.39 is 0 Å². The maximum Gasteiger partial charge on any atom is 0.0590 e. The van der Waals surface area contributed by atoms with E-state index in [2.05, 4.69) is 5.10 Å². The fourth-order valence-electron chi connectivity index (χ4n) is 0.884. The molecular formula is C9H12N2. The Morgan fingerprint density at radius 1 is 1.27 bits per heavy atom. The first kappa shape index (κ1) is 7.79. The molecule has 11 heavy (non-hydrogen) atoms. The molecule has 0 saturated heterocycles. The van der Waals surface area contributed by atoms with Crippen LogP contribution >= 0.6 is 0 Å². The predicted molar refractivity (Wildman–Crippen MR) is 49.0 cm³/mol. The van der Waals surface area contributed by atoms with Crippen LogP contribution in [0.5, 0.6) is 0 Å². The number of rotatable bonds is 2. The molecule has 0 spiro atoms. The molecule has 0 aromatic heterocycles. The molecule has 0 bridgehead atoms. The molecule has 0 fully saturated rings. The zero-order valence-corrected chi connectivity index (χ0v) is 6.86. The van der Waals surface area contributed by atoms with E-state index in [0.29, 0.717) is 0 Å². The molecule has 0 aliphatic carbocycles. The van der Waals surface area contributed by atoms with E-state index >= 15 is 0 Å². The summed E-state index contributed by atoms with van der Waals surface area (Å²) in [6, 6.07) is 10.0. The Morgan fingerprint density at radius 2 is 1.91 bits per heavy atom. The smallest absolute Gasteiger partial charge is 0.0590 e. The quantitative estimate of drug-likeness (QED) is 0.463. The van der Waals surface area contributed by atoms with Crippen molar-refractivity contribution < 1.29 is 0 Å².